The molecule has 0 spiro atoms. The monoisotopic (exact) mass is 288 g/mol. The van der Waals surface area contributed by atoms with Gasteiger partial charge >= 0.3 is 5.63 Å². The fourth-order valence-electron chi connectivity index (χ4n) is 2.14. The first-order chi connectivity index (χ1) is 9.86. The molecule has 1 heterocycles. The Morgan fingerprint density at radius 2 is 2.00 bits per heavy atom. The third kappa shape index (κ3) is 3.55. The van der Waals surface area contributed by atoms with E-state index < -0.39 is 17.6 Å². The molecule has 0 fully saturated rings. The molecule has 1 atom stereocenters. The van der Waals surface area contributed by atoms with Crippen LogP contribution in [0.4, 0.5) is 0 Å². The number of rotatable bonds is 5. The van der Waals surface area contributed by atoms with Crippen molar-refractivity contribution in [2.24, 2.45) is 11.5 Å². The second kappa shape index (κ2) is 5.88. The molecule has 1 aromatic carbocycles. The van der Waals surface area contributed by atoms with Crippen LogP contribution in [0.3, 0.4) is 0 Å². The first-order valence-corrected chi connectivity index (χ1v) is 6.47. The van der Waals surface area contributed by atoms with Crippen LogP contribution in [-0.4, -0.2) is 17.7 Å². The lowest BCUT2D eigenvalue weighted by Crippen LogP contribution is -2.36. The topological polar surface area (TPSA) is 116 Å². The standard InChI is InChI=1S/C15H16N2O4/c1-8-4-15(20)21-13-6-9(2-3-10(8)13)5-12(18)11(16)7-14(17)19/h2-4,6,11H,5,7,16H2,1H3,(H2,17,19)/t11-/m1/s1. The van der Waals surface area contributed by atoms with E-state index in [0.29, 0.717) is 11.1 Å². The van der Waals surface area contributed by atoms with Gasteiger partial charge in [-0.05, 0) is 24.1 Å². The number of hydrogen-bond acceptors (Lipinski definition) is 5. The molecule has 0 saturated heterocycles. The van der Waals surface area contributed by atoms with Crippen molar-refractivity contribution < 1.29 is 14.0 Å². The molecule has 1 amide bonds. The van der Waals surface area contributed by atoms with Gasteiger partial charge in [0.1, 0.15) is 5.58 Å². The second-order valence-electron chi connectivity index (χ2n) is 5.00. The highest BCUT2D eigenvalue weighted by molar-refractivity contribution is 5.91. The van der Waals surface area contributed by atoms with Crippen LogP contribution in [-0.2, 0) is 16.0 Å². The van der Waals surface area contributed by atoms with E-state index in [1.54, 1.807) is 18.2 Å². The number of benzene rings is 1. The van der Waals surface area contributed by atoms with Gasteiger partial charge in [-0.25, -0.2) is 4.79 Å². The largest absolute Gasteiger partial charge is 0.423 e. The van der Waals surface area contributed by atoms with Crippen LogP contribution in [0.25, 0.3) is 11.0 Å². The van der Waals surface area contributed by atoms with E-state index in [0.717, 1.165) is 10.9 Å². The number of hydrogen-bond donors (Lipinski definition) is 2. The molecule has 0 radical (unpaired) electrons. The average Bonchev–Trinajstić information content (AvgIpc) is 2.37. The lowest BCUT2D eigenvalue weighted by atomic mass is 10.0. The lowest BCUT2D eigenvalue weighted by molar-refractivity contribution is -0.124. The zero-order chi connectivity index (χ0) is 15.6. The number of primary amides is 1. The Balaban J connectivity index is 2.25. The average molecular weight is 288 g/mol. The van der Waals surface area contributed by atoms with Crippen molar-refractivity contribution >= 4 is 22.7 Å². The van der Waals surface area contributed by atoms with Gasteiger partial charge < -0.3 is 15.9 Å². The number of fused-ring (bicyclic) bond motifs is 1. The first kappa shape index (κ1) is 14.9. The third-order valence-electron chi connectivity index (χ3n) is 3.23. The summed E-state index contributed by atoms with van der Waals surface area (Å²) in [6.45, 7) is 1.81. The molecule has 0 unspecified atom stereocenters. The van der Waals surface area contributed by atoms with Gasteiger partial charge in [-0.3, -0.25) is 9.59 Å². The molecular weight excluding hydrogens is 272 g/mol. The summed E-state index contributed by atoms with van der Waals surface area (Å²) >= 11 is 0. The van der Waals surface area contributed by atoms with Crippen molar-refractivity contribution in [2.45, 2.75) is 25.8 Å². The van der Waals surface area contributed by atoms with Crippen molar-refractivity contribution in [1.82, 2.24) is 0 Å². The normalized spacial score (nSPS) is 12.3. The maximum Gasteiger partial charge on any atom is 0.336 e. The number of aryl methyl sites for hydroxylation is 1. The summed E-state index contributed by atoms with van der Waals surface area (Å²) in [5.41, 5.74) is 12.1. The lowest BCUT2D eigenvalue weighted by Gasteiger charge is -2.09. The predicted octanol–water partition coefficient (Wildman–Crippen LogP) is 0.416. The zero-order valence-electron chi connectivity index (χ0n) is 11.6. The summed E-state index contributed by atoms with van der Waals surface area (Å²) in [6.07, 6.45) is -0.122. The number of carbonyl (C=O) groups excluding carboxylic acids is 2. The second-order valence-corrected chi connectivity index (χ2v) is 5.00. The fourth-order valence-corrected chi connectivity index (χ4v) is 2.14. The summed E-state index contributed by atoms with van der Waals surface area (Å²) in [5, 5.41) is 0.812. The van der Waals surface area contributed by atoms with E-state index in [1.807, 2.05) is 6.92 Å². The highest BCUT2D eigenvalue weighted by Crippen LogP contribution is 2.18. The van der Waals surface area contributed by atoms with E-state index >= 15 is 0 Å². The molecule has 4 N–H and O–H groups in total. The van der Waals surface area contributed by atoms with Crippen LogP contribution in [0.15, 0.2) is 33.5 Å². The summed E-state index contributed by atoms with van der Waals surface area (Å²) in [4.78, 5) is 34.0. The van der Waals surface area contributed by atoms with Crippen LogP contribution in [0.1, 0.15) is 17.5 Å². The molecule has 6 nitrogen and oxygen atoms in total. The summed E-state index contributed by atoms with van der Waals surface area (Å²) in [6, 6.07) is 5.69. The van der Waals surface area contributed by atoms with E-state index in [4.69, 9.17) is 15.9 Å². The number of ketones is 1. The highest BCUT2D eigenvalue weighted by atomic mass is 16.4. The Labute approximate surface area is 120 Å². The molecule has 0 saturated carbocycles. The molecular formula is C15H16N2O4. The van der Waals surface area contributed by atoms with Crippen molar-refractivity contribution in [3.05, 3.63) is 45.8 Å². The Hall–Kier alpha value is -2.47. The van der Waals surface area contributed by atoms with Crippen molar-refractivity contribution in [2.75, 3.05) is 0 Å². The first-order valence-electron chi connectivity index (χ1n) is 6.47. The smallest absolute Gasteiger partial charge is 0.336 e. The van der Waals surface area contributed by atoms with Crippen molar-refractivity contribution in [1.29, 1.82) is 0 Å². The molecule has 0 aliphatic heterocycles. The Morgan fingerprint density at radius 3 is 2.67 bits per heavy atom. The predicted molar refractivity (Wildman–Crippen MR) is 77.7 cm³/mol. The number of carbonyl (C=O) groups is 2. The molecule has 2 aromatic rings. The SMILES string of the molecule is Cc1cc(=O)oc2cc(CC(=O)[C@H](N)CC(N)=O)ccc12. The van der Waals surface area contributed by atoms with Gasteiger partial charge in [0.2, 0.25) is 5.91 Å². The molecule has 0 aliphatic rings. The molecule has 6 heteroatoms. The number of amides is 1. The molecule has 21 heavy (non-hydrogen) atoms. The number of Topliss-reactive ketones (excluding diaryl/α,β-unsaturated/α-hetero) is 1. The maximum absolute atomic E-state index is 11.9. The number of nitrogens with two attached hydrogens (primary N) is 2. The minimum atomic E-state index is -0.914. The maximum atomic E-state index is 11.9. The van der Waals surface area contributed by atoms with Gasteiger partial charge in [-0.15, -0.1) is 0 Å². The summed E-state index contributed by atoms with van der Waals surface area (Å²) in [5.74, 6) is -0.904. The van der Waals surface area contributed by atoms with E-state index in [-0.39, 0.29) is 18.6 Å². The molecule has 0 bridgehead atoms. The van der Waals surface area contributed by atoms with E-state index in [1.165, 1.54) is 6.07 Å². The van der Waals surface area contributed by atoms with Crippen LogP contribution < -0.4 is 17.1 Å². The van der Waals surface area contributed by atoms with Gasteiger partial charge in [-0.1, -0.05) is 12.1 Å². The quantitative estimate of drug-likeness (QED) is 0.773. The molecule has 2 rings (SSSR count). The molecule has 0 aliphatic carbocycles. The molecule has 1 aromatic heterocycles. The van der Waals surface area contributed by atoms with Gasteiger partial charge in [0, 0.05) is 24.3 Å². The minimum Gasteiger partial charge on any atom is -0.423 e. The van der Waals surface area contributed by atoms with Gasteiger partial charge in [-0.2, -0.15) is 0 Å². The Bertz CT molecular complexity index is 764. The van der Waals surface area contributed by atoms with E-state index in [9.17, 15) is 14.4 Å². The third-order valence-corrected chi connectivity index (χ3v) is 3.23. The van der Waals surface area contributed by atoms with Gasteiger partial charge in [0.05, 0.1) is 6.04 Å². The van der Waals surface area contributed by atoms with Gasteiger partial charge in [0.25, 0.3) is 0 Å². The molecule has 110 valence electrons. The highest BCUT2D eigenvalue weighted by Gasteiger charge is 2.16. The van der Waals surface area contributed by atoms with Gasteiger partial charge in [0.15, 0.2) is 5.78 Å². The zero-order valence-corrected chi connectivity index (χ0v) is 11.6. The minimum absolute atomic E-state index is 0.0576. The van der Waals surface area contributed by atoms with Crippen LogP contribution in [0.2, 0.25) is 0 Å². The van der Waals surface area contributed by atoms with Crippen LogP contribution in [0, 0.1) is 6.92 Å². The van der Waals surface area contributed by atoms with Crippen LogP contribution in [0.5, 0.6) is 0 Å². The van der Waals surface area contributed by atoms with E-state index in [2.05, 4.69) is 0 Å². The Morgan fingerprint density at radius 1 is 1.29 bits per heavy atom. The summed E-state index contributed by atoms with van der Waals surface area (Å²) in [7, 11) is 0. The van der Waals surface area contributed by atoms with Crippen molar-refractivity contribution in [3.63, 3.8) is 0 Å². The van der Waals surface area contributed by atoms with Crippen LogP contribution >= 0.6 is 0 Å². The fraction of sp³-hybridized carbons (Fsp3) is 0.267. The summed E-state index contributed by atoms with van der Waals surface area (Å²) < 4.78 is 5.12. The van der Waals surface area contributed by atoms with Crippen molar-refractivity contribution in [3.8, 4) is 0 Å². The Kier molecular flexibility index (Phi) is 4.18.